The third-order valence-electron chi connectivity index (χ3n) is 3.08. The number of carboxylic acids is 1. The molecule has 2 N–H and O–H groups in total. The second kappa shape index (κ2) is 4.56. The maximum atomic E-state index is 11.0. The highest BCUT2D eigenvalue weighted by Gasteiger charge is 2.50. The molecule has 0 radical (unpaired) electrons. The summed E-state index contributed by atoms with van der Waals surface area (Å²) in [5.41, 5.74) is -0.475. The Morgan fingerprint density at radius 1 is 1.56 bits per heavy atom. The van der Waals surface area contributed by atoms with Gasteiger partial charge in [-0.05, 0) is 25.0 Å². The van der Waals surface area contributed by atoms with E-state index in [1.165, 1.54) is 6.07 Å². The van der Waals surface area contributed by atoms with Crippen molar-refractivity contribution in [3.8, 4) is 0 Å². The molecule has 0 unspecified atom stereocenters. The van der Waals surface area contributed by atoms with Crippen LogP contribution < -0.4 is 5.32 Å². The van der Waals surface area contributed by atoms with E-state index in [0.29, 0.717) is 23.0 Å². The average Bonchev–Trinajstić information content (AvgIpc) is 3.07. The fourth-order valence-corrected chi connectivity index (χ4v) is 2.05. The summed E-state index contributed by atoms with van der Waals surface area (Å²) >= 11 is 3.23. The lowest BCUT2D eigenvalue weighted by atomic mass is 10.1. The van der Waals surface area contributed by atoms with Gasteiger partial charge in [0.25, 0.3) is 5.69 Å². The van der Waals surface area contributed by atoms with Gasteiger partial charge in [-0.2, -0.15) is 0 Å². The quantitative estimate of drug-likeness (QED) is 0.643. The van der Waals surface area contributed by atoms with Crippen LogP contribution in [0, 0.1) is 15.5 Å². The van der Waals surface area contributed by atoms with Gasteiger partial charge in [0.05, 0.1) is 10.3 Å². The van der Waals surface area contributed by atoms with Crippen LogP contribution in [-0.2, 0) is 4.79 Å². The maximum Gasteiger partial charge on any atom is 0.311 e. The molecule has 0 saturated heterocycles. The number of nitrogens with one attached hydrogen (secondary N) is 1. The number of nitrogens with zero attached hydrogens (tertiary/aromatic N) is 1. The lowest BCUT2D eigenvalue weighted by Gasteiger charge is -2.12. The van der Waals surface area contributed by atoms with Crippen molar-refractivity contribution in [2.24, 2.45) is 5.41 Å². The van der Waals surface area contributed by atoms with Crippen LogP contribution in [0.25, 0.3) is 0 Å². The maximum absolute atomic E-state index is 11.0. The van der Waals surface area contributed by atoms with Crippen molar-refractivity contribution in [2.45, 2.75) is 12.8 Å². The van der Waals surface area contributed by atoms with Crippen molar-refractivity contribution in [2.75, 3.05) is 11.9 Å². The van der Waals surface area contributed by atoms with Gasteiger partial charge < -0.3 is 10.4 Å². The highest BCUT2D eigenvalue weighted by molar-refractivity contribution is 9.10. The summed E-state index contributed by atoms with van der Waals surface area (Å²) < 4.78 is 0.704. The topological polar surface area (TPSA) is 92.5 Å². The summed E-state index contributed by atoms with van der Waals surface area (Å²) in [6.45, 7) is 0.208. The summed E-state index contributed by atoms with van der Waals surface area (Å²) in [7, 11) is 0. The second-order valence-electron chi connectivity index (χ2n) is 4.36. The first-order valence-corrected chi connectivity index (χ1v) is 6.15. The number of nitro groups is 1. The Kier molecular flexibility index (Phi) is 3.25. The summed E-state index contributed by atoms with van der Waals surface area (Å²) in [4.78, 5) is 21.4. The predicted octanol–water partition coefficient (Wildman–Crippen LogP) is 2.63. The number of hydrogen-bond donors (Lipinski definition) is 2. The van der Waals surface area contributed by atoms with Gasteiger partial charge in [-0.25, -0.2) is 0 Å². The van der Waals surface area contributed by atoms with E-state index in [2.05, 4.69) is 21.2 Å². The fourth-order valence-electron chi connectivity index (χ4n) is 1.69. The number of carboxylic acid groups (broad SMARTS) is 1. The normalized spacial score (nSPS) is 16.1. The molecule has 0 spiro atoms. The van der Waals surface area contributed by atoms with E-state index in [-0.39, 0.29) is 12.2 Å². The molecule has 1 saturated carbocycles. The number of nitro benzene ring substituents is 1. The minimum atomic E-state index is -0.854. The predicted molar refractivity (Wildman–Crippen MR) is 68.6 cm³/mol. The molecule has 1 aliphatic rings. The van der Waals surface area contributed by atoms with Gasteiger partial charge in [0, 0.05) is 17.1 Å². The van der Waals surface area contributed by atoms with Crippen molar-refractivity contribution in [1.29, 1.82) is 0 Å². The molecule has 7 heteroatoms. The zero-order valence-corrected chi connectivity index (χ0v) is 10.9. The van der Waals surface area contributed by atoms with E-state index in [1.54, 1.807) is 12.1 Å². The van der Waals surface area contributed by atoms with Gasteiger partial charge in [-0.1, -0.05) is 15.9 Å². The van der Waals surface area contributed by atoms with E-state index in [9.17, 15) is 14.9 Å². The molecular weight excluding hydrogens is 304 g/mol. The zero-order valence-electron chi connectivity index (χ0n) is 9.35. The molecule has 0 heterocycles. The van der Waals surface area contributed by atoms with Crippen molar-refractivity contribution in [3.63, 3.8) is 0 Å². The molecule has 1 aliphatic carbocycles. The average molecular weight is 315 g/mol. The number of hydrogen-bond acceptors (Lipinski definition) is 4. The number of halogens is 1. The van der Waals surface area contributed by atoms with Crippen molar-refractivity contribution < 1.29 is 14.8 Å². The number of anilines is 1. The van der Waals surface area contributed by atoms with Gasteiger partial charge in [-0.3, -0.25) is 14.9 Å². The Morgan fingerprint density at radius 2 is 2.22 bits per heavy atom. The molecule has 1 fully saturated rings. The lowest BCUT2D eigenvalue weighted by molar-refractivity contribution is -0.384. The third kappa shape index (κ3) is 2.45. The van der Waals surface area contributed by atoms with Crippen molar-refractivity contribution in [3.05, 3.63) is 32.8 Å². The molecule has 0 amide bonds. The molecule has 96 valence electrons. The molecule has 0 bridgehead atoms. The Bertz CT molecular complexity index is 514. The standard InChI is InChI=1S/C11H11BrN2O4/c12-7-1-2-9(14(17)18)8(5-7)13-6-11(3-4-11)10(15)16/h1-2,5,13H,3-4,6H2,(H,15,16). The van der Waals surface area contributed by atoms with Gasteiger partial charge >= 0.3 is 5.97 Å². The Hall–Kier alpha value is -1.63. The van der Waals surface area contributed by atoms with E-state index in [0.717, 1.165) is 0 Å². The van der Waals surface area contributed by atoms with Crippen LogP contribution in [-0.4, -0.2) is 22.5 Å². The molecule has 1 aromatic rings. The van der Waals surface area contributed by atoms with Crippen LogP contribution in [0.2, 0.25) is 0 Å². The molecule has 0 aliphatic heterocycles. The first-order valence-electron chi connectivity index (χ1n) is 5.36. The lowest BCUT2D eigenvalue weighted by Crippen LogP contribution is -2.24. The summed E-state index contributed by atoms with van der Waals surface area (Å²) in [5.74, 6) is -0.854. The smallest absolute Gasteiger partial charge is 0.311 e. The molecule has 0 atom stereocenters. The molecule has 0 aromatic heterocycles. The molecular formula is C11H11BrN2O4. The highest BCUT2D eigenvalue weighted by atomic mass is 79.9. The number of benzene rings is 1. The van der Waals surface area contributed by atoms with Gasteiger partial charge in [0.1, 0.15) is 5.69 Å². The van der Waals surface area contributed by atoms with Gasteiger partial charge in [0.15, 0.2) is 0 Å². The fraction of sp³-hybridized carbons (Fsp3) is 0.364. The van der Waals surface area contributed by atoms with Crippen LogP contribution in [0.3, 0.4) is 0 Å². The number of carbonyl (C=O) groups is 1. The molecule has 6 nitrogen and oxygen atoms in total. The van der Waals surface area contributed by atoms with Crippen molar-refractivity contribution in [1.82, 2.24) is 0 Å². The van der Waals surface area contributed by atoms with Crippen LogP contribution in [0.5, 0.6) is 0 Å². The Labute approximate surface area is 111 Å². The zero-order chi connectivity index (χ0) is 13.3. The van der Waals surface area contributed by atoms with E-state index in [4.69, 9.17) is 5.11 Å². The molecule has 2 rings (SSSR count). The van der Waals surface area contributed by atoms with E-state index in [1.807, 2.05) is 0 Å². The van der Waals surface area contributed by atoms with Crippen LogP contribution >= 0.6 is 15.9 Å². The van der Waals surface area contributed by atoms with Crippen LogP contribution in [0.1, 0.15) is 12.8 Å². The SMILES string of the molecule is O=C(O)C1(CNc2cc(Br)ccc2[N+](=O)[O-])CC1. The summed E-state index contributed by atoms with van der Waals surface area (Å²) in [5, 5.41) is 22.7. The van der Waals surface area contributed by atoms with Gasteiger partial charge in [0.2, 0.25) is 0 Å². The van der Waals surface area contributed by atoms with E-state index >= 15 is 0 Å². The molecule has 1 aromatic carbocycles. The minimum absolute atomic E-state index is 0.0561. The third-order valence-corrected chi connectivity index (χ3v) is 3.57. The molecule has 18 heavy (non-hydrogen) atoms. The van der Waals surface area contributed by atoms with E-state index < -0.39 is 16.3 Å². The van der Waals surface area contributed by atoms with Crippen LogP contribution in [0.4, 0.5) is 11.4 Å². The summed E-state index contributed by atoms with van der Waals surface area (Å²) in [6.07, 6.45) is 1.22. The van der Waals surface area contributed by atoms with Crippen molar-refractivity contribution >= 4 is 33.3 Å². The minimum Gasteiger partial charge on any atom is -0.481 e. The monoisotopic (exact) mass is 314 g/mol. The number of rotatable bonds is 5. The van der Waals surface area contributed by atoms with Gasteiger partial charge in [-0.15, -0.1) is 0 Å². The first-order chi connectivity index (χ1) is 8.44. The Balaban J connectivity index is 2.16. The largest absolute Gasteiger partial charge is 0.481 e. The van der Waals surface area contributed by atoms with Crippen LogP contribution in [0.15, 0.2) is 22.7 Å². The Morgan fingerprint density at radius 3 is 2.72 bits per heavy atom. The first kappa shape index (κ1) is 12.8. The second-order valence-corrected chi connectivity index (χ2v) is 5.27. The highest BCUT2D eigenvalue weighted by Crippen LogP contribution is 2.46. The summed E-state index contributed by atoms with van der Waals surface area (Å²) in [6, 6.07) is 4.54. The number of aliphatic carboxylic acids is 1.